The second kappa shape index (κ2) is 14.6. The van der Waals surface area contributed by atoms with Crippen LogP contribution in [0.5, 0.6) is 0 Å². The Bertz CT molecular complexity index is 1000. The van der Waals surface area contributed by atoms with Gasteiger partial charge in [0.1, 0.15) is 11.7 Å². The van der Waals surface area contributed by atoms with Gasteiger partial charge in [0.2, 0.25) is 5.91 Å². The number of aliphatic carboxylic acids is 1. The van der Waals surface area contributed by atoms with E-state index in [4.69, 9.17) is 20.0 Å². The summed E-state index contributed by atoms with van der Waals surface area (Å²) in [5.74, 6) is -3.60. The first-order valence-electron chi connectivity index (χ1n) is 14.0. The van der Waals surface area contributed by atoms with E-state index in [-0.39, 0.29) is 31.6 Å². The zero-order valence-corrected chi connectivity index (χ0v) is 23.4. The van der Waals surface area contributed by atoms with E-state index in [0.29, 0.717) is 51.4 Å². The van der Waals surface area contributed by atoms with E-state index in [1.165, 1.54) is 12.3 Å². The molecule has 1 aliphatic rings. The number of carbonyl (C=O) groups is 3. The number of primary amides is 1. The zero-order valence-electron chi connectivity index (χ0n) is 23.4. The van der Waals surface area contributed by atoms with Crippen molar-refractivity contribution in [2.75, 3.05) is 0 Å². The molecule has 0 aromatic carbocycles. The third kappa shape index (κ3) is 9.46. The quantitative estimate of drug-likeness (QED) is 0.282. The number of carboxylic acid groups (broad SMARTS) is 1. The third-order valence-corrected chi connectivity index (χ3v) is 8.28. The van der Waals surface area contributed by atoms with Gasteiger partial charge in [-0.15, -0.1) is 0 Å². The smallest absolute Gasteiger partial charge is 0.335 e. The average Bonchev–Trinajstić information content (AvgIpc) is 2.87. The predicted molar refractivity (Wildman–Crippen MR) is 144 cm³/mol. The van der Waals surface area contributed by atoms with E-state index >= 15 is 0 Å². The molecule has 1 aromatic rings. The average molecular weight is 552 g/mol. The Morgan fingerprint density at radius 3 is 2.49 bits per heavy atom. The molecule has 1 saturated carbocycles. The van der Waals surface area contributed by atoms with Crippen LogP contribution >= 0.6 is 0 Å². The fourth-order valence-corrected chi connectivity index (χ4v) is 5.86. The van der Waals surface area contributed by atoms with E-state index in [1.54, 1.807) is 13.0 Å². The first-order chi connectivity index (χ1) is 18.3. The molecule has 0 aliphatic heterocycles. The van der Waals surface area contributed by atoms with Gasteiger partial charge in [0.15, 0.2) is 0 Å². The maximum atomic E-state index is 12.8. The molecule has 10 nitrogen and oxygen atoms in total. The van der Waals surface area contributed by atoms with Gasteiger partial charge in [-0.2, -0.15) is 0 Å². The second-order valence-corrected chi connectivity index (χ2v) is 11.3. The molecule has 0 spiro atoms. The summed E-state index contributed by atoms with van der Waals surface area (Å²) in [4.78, 5) is 47.0. The number of nitrogens with two attached hydrogens (primary N) is 1. The van der Waals surface area contributed by atoms with Crippen molar-refractivity contribution in [2.45, 2.75) is 121 Å². The number of carboxylic acids is 1. The lowest BCUT2D eigenvalue weighted by molar-refractivity contribution is -0.162. The first kappa shape index (κ1) is 32.5. The molecule has 2 rings (SSSR count). The van der Waals surface area contributed by atoms with E-state index in [2.05, 4.69) is 0 Å². The van der Waals surface area contributed by atoms with Crippen molar-refractivity contribution >= 4 is 17.8 Å². The van der Waals surface area contributed by atoms with E-state index in [1.807, 2.05) is 13.8 Å². The lowest BCUT2D eigenvalue weighted by Crippen LogP contribution is -2.56. The van der Waals surface area contributed by atoms with Crippen LogP contribution in [0.25, 0.3) is 0 Å². The molecule has 10 heteroatoms. The van der Waals surface area contributed by atoms with Gasteiger partial charge in [-0.25, -0.2) is 4.79 Å². The minimum absolute atomic E-state index is 0.0107. The molecule has 1 amide bonds. The highest BCUT2D eigenvalue weighted by molar-refractivity contribution is 5.83. The van der Waals surface area contributed by atoms with Gasteiger partial charge in [-0.05, 0) is 81.8 Å². The molecular formula is C29H45NO9. The minimum Gasteiger partial charge on any atom is -0.481 e. The fourth-order valence-electron chi connectivity index (χ4n) is 5.86. The van der Waals surface area contributed by atoms with Gasteiger partial charge in [-0.3, -0.25) is 14.4 Å². The van der Waals surface area contributed by atoms with Gasteiger partial charge in [-0.1, -0.05) is 26.7 Å². The predicted octanol–water partition coefficient (Wildman–Crippen LogP) is 3.65. The Kier molecular flexibility index (Phi) is 12.2. The topological polar surface area (TPSA) is 177 Å². The van der Waals surface area contributed by atoms with Crippen molar-refractivity contribution in [1.82, 2.24) is 0 Å². The Balaban J connectivity index is 2.24. The zero-order chi connectivity index (χ0) is 29.2. The van der Waals surface area contributed by atoms with Crippen LogP contribution in [0.3, 0.4) is 0 Å². The number of aliphatic hydroxyl groups is 2. The number of esters is 1. The molecule has 39 heavy (non-hydrogen) atoms. The van der Waals surface area contributed by atoms with Gasteiger partial charge in [0.25, 0.3) is 0 Å². The van der Waals surface area contributed by atoms with Crippen molar-refractivity contribution in [1.29, 1.82) is 0 Å². The molecule has 6 atom stereocenters. The molecule has 220 valence electrons. The van der Waals surface area contributed by atoms with E-state index in [0.717, 1.165) is 5.56 Å². The molecule has 6 unspecified atom stereocenters. The third-order valence-electron chi connectivity index (χ3n) is 8.28. The van der Waals surface area contributed by atoms with E-state index in [9.17, 15) is 29.4 Å². The van der Waals surface area contributed by atoms with E-state index < -0.39 is 52.6 Å². The number of ether oxygens (including phenoxy) is 1. The summed E-state index contributed by atoms with van der Waals surface area (Å²) in [7, 11) is 0. The molecule has 1 aliphatic carbocycles. The molecule has 1 fully saturated rings. The minimum atomic E-state index is -1.91. The first-order valence-corrected chi connectivity index (χ1v) is 14.0. The molecular weight excluding hydrogens is 506 g/mol. The SMILES string of the molecule is CCCC1C(C(C)(O)CCC(C)c2ccc(=O)oc2)CCCCC(OC(=O)CCC(=O)O)CCC1(O)C(N)=O. The highest BCUT2D eigenvalue weighted by Crippen LogP contribution is 2.44. The van der Waals surface area contributed by atoms with Crippen molar-refractivity contribution in [2.24, 2.45) is 17.6 Å². The maximum Gasteiger partial charge on any atom is 0.335 e. The monoisotopic (exact) mass is 551 g/mol. The van der Waals surface area contributed by atoms with Crippen LogP contribution in [-0.4, -0.2) is 50.5 Å². The Morgan fingerprint density at radius 1 is 1.21 bits per heavy atom. The van der Waals surface area contributed by atoms with Gasteiger partial charge in [0.05, 0.1) is 24.7 Å². The molecule has 0 saturated heterocycles. The summed E-state index contributed by atoms with van der Waals surface area (Å²) in [5.41, 5.74) is 3.09. The van der Waals surface area contributed by atoms with Gasteiger partial charge < -0.3 is 30.2 Å². The lowest BCUT2D eigenvalue weighted by Gasteiger charge is -2.46. The summed E-state index contributed by atoms with van der Waals surface area (Å²) in [5, 5.41) is 32.4. The highest BCUT2D eigenvalue weighted by Gasteiger charge is 2.50. The molecule has 1 heterocycles. The Morgan fingerprint density at radius 2 is 1.90 bits per heavy atom. The fraction of sp³-hybridized carbons (Fsp3) is 0.724. The summed E-state index contributed by atoms with van der Waals surface area (Å²) < 4.78 is 10.5. The number of hydrogen-bond donors (Lipinski definition) is 4. The van der Waals surface area contributed by atoms with Crippen LogP contribution in [0.15, 0.2) is 27.6 Å². The second-order valence-electron chi connectivity index (χ2n) is 11.3. The van der Waals surface area contributed by atoms with Crippen molar-refractivity contribution in [3.63, 3.8) is 0 Å². The van der Waals surface area contributed by atoms with Gasteiger partial charge >= 0.3 is 17.6 Å². The summed E-state index contributed by atoms with van der Waals surface area (Å²) >= 11 is 0. The number of hydrogen-bond acceptors (Lipinski definition) is 8. The molecule has 0 radical (unpaired) electrons. The van der Waals surface area contributed by atoms with Crippen LogP contribution in [-0.2, 0) is 19.1 Å². The maximum absolute atomic E-state index is 12.8. The largest absolute Gasteiger partial charge is 0.481 e. The Labute approximate surface area is 229 Å². The number of amides is 1. The summed E-state index contributed by atoms with van der Waals surface area (Å²) in [6.07, 6.45) is 5.02. The van der Waals surface area contributed by atoms with Crippen LogP contribution < -0.4 is 11.4 Å². The van der Waals surface area contributed by atoms with Gasteiger partial charge in [0, 0.05) is 12.0 Å². The summed E-state index contributed by atoms with van der Waals surface area (Å²) in [6, 6.07) is 3.08. The van der Waals surface area contributed by atoms with Crippen molar-refractivity contribution in [3.05, 3.63) is 34.4 Å². The van der Waals surface area contributed by atoms with Crippen LogP contribution in [0.4, 0.5) is 0 Å². The van der Waals surface area contributed by atoms with Crippen LogP contribution in [0, 0.1) is 11.8 Å². The normalized spacial score (nSPS) is 26.6. The number of rotatable bonds is 12. The lowest BCUT2D eigenvalue weighted by atomic mass is 9.64. The molecule has 0 bridgehead atoms. The van der Waals surface area contributed by atoms with Crippen molar-refractivity contribution < 1.29 is 38.9 Å². The highest BCUT2D eigenvalue weighted by atomic mass is 16.5. The summed E-state index contributed by atoms with van der Waals surface area (Å²) in [6.45, 7) is 5.68. The Hall–Kier alpha value is -2.72. The van der Waals surface area contributed by atoms with Crippen LogP contribution in [0.2, 0.25) is 0 Å². The molecule has 1 aromatic heterocycles. The standard InChI is InChI=1S/C29H45NO9/c1-4-7-23-22(28(3,36)16-14-19(2)20-10-12-25(33)38-18-20)9-6-5-8-21(15-17-29(23,37)27(30)35)39-26(34)13-11-24(31)32/h10,12,18-19,21-23,36-37H,4-9,11,13-17H2,1-3H3,(H2,30,35)(H,31,32). The number of carbonyl (C=O) groups excluding carboxylic acids is 2. The molecule has 5 N–H and O–H groups in total. The van der Waals surface area contributed by atoms with Crippen LogP contribution in [0.1, 0.15) is 109 Å². The van der Waals surface area contributed by atoms with Crippen molar-refractivity contribution in [3.8, 4) is 0 Å².